The van der Waals surface area contributed by atoms with Crippen molar-refractivity contribution in [2.24, 2.45) is 17.8 Å². The van der Waals surface area contributed by atoms with Gasteiger partial charge < -0.3 is 5.32 Å². The smallest absolute Gasteiger partial charge is 0.00276 e. The first-order valence-electron chi connectivity index (χ1n) is 8.82. The molecule has 0 rings (SSSR count). The molecular weight excluding hydrogens is 266 g/mol. The second-order valence-electron chi connectivity index (χ2n) is 6.68. The number of rotatable bonds is 11. The van der Waals surface area contributed by atoms with E-state index in [1.807, 2.05) is 13.2 Å². The van der Waals surface area contributed by atoms with Crippen molar-refractivity contribution in [1.29, 1.82) is 0 Å². The largest absolute Gasteiger partial charge is 0.394 e. The van der Waals surface area contributed by atoms with Gasteiger partial charge in [-0.3, -0.25) is 0 Å². The monoisotopic (exact) mass is 303 g/mol. The zero-order valence-electron chi connectivity index (χ0n) is 15.6. The highest BCUT2D eigenvalue weighted by Gasteiger charge is 2.12. The van der Waals surface area contributed by atoms with Crippen LogP contribution < -0.4 is 5.32 Å². The van der Waals surface area contributed by atoms with Crippen molar-refractivity contribution in [2.45, 2.75) is 60.3 Å². The van der Waals surface area contributed by atoms with Crippen LogP contribution in [-0.2, 0) is 0 Å². The van der Waals surface area contributed by atoms with E-state index in [-0.39, 0.29) is 0 Å². The van der Waals surface area contributed by atoms with Gasteiger partial charge in [0.15, 0.2) is 0 Å². The van der Waals surface area contributed by atoms with Crippen LogP contribution >= 0.6 is 0 Å². The summed E-state index contributed by atoms with van der Waals surface area (Å²) in [6, 6.07) is 0. The lowest BCUT2D eigenvalue weighted by Gasteiger charge is -2.20. The van der Waals surface area contributed by atoms with E-state index in [1.165, 1.54) is 12.0 Å². The van der Waals surface area contributed by atoms with Gasteiger partial charge in [0.2, 0.25) is 0 Å². The van der Waals surface area contributed by atoms with E-state index < -0.39 is 0 Å². The lowest BCUT2D eigenvalue weighted by Crippen LogP contribution is -2.08. The molecule has 2 atom stereocenters. The molecule has 0 saturated heterocycles. The average Bonchev–Trinajstić information content (AvgIpc) is 2.49. The lowest BCUT2D eigenvalue weighted by atomic mass is 9.86. The zero-order valence-corrected chi connectivity index (χ0v) is 15.6. The van der Waals surface area contributed by atoms with E-state index in [1.54, 1.807) is 0 Å². The highest BCUT2D eigenvalue weighted by molar-refractivity contribution is 5.13. The molecule has 22 heavy (non-hydrogen) atoms. The van der Waals surface area contributed by atoms with Crippen molar-refractivity contribution < 1.29 is 0 Å². The molecule has 0 aromatic heterocycles. The van der Waals surface area contributed by atoms with Gasteiger partial charge in [0, 0.05) is 7.05 Å². The SMILES string of the molecule is CCC(C)C(C=CCC=CNC)C/C(C)=C\C=CCC(C)C. The third kappa shape index (κ3) is 11.4. The van der Waals surface area contributed by atoms with Crippen molar-refractivity contribution >= 4 is 0 Å². The number of nitrogens with one attached hydrogen (secondary N) is 1. The predicted molar refractivity (Wildman–Crippen MR) is 102 cm³/mol. The molecular formula is C21H37N. The molecule has 1 heteroatoms. The molecule has 1 N–H and O–H groups in total. The molecule has 0 aliphatic carbocycles. The van der Waals surface area contributed by atoms with Gasteiger partial charge in [0.1, 0.15) is 0 Å². The van der Waals surface area contributed by atoms with Crippen LogP contribution in [0.3, 0.4) is 0 Å². The van der Waals surface area contributed by atoms with Gasteiger partial charge in [-0.25, -0.2) is 0 Å². The maximum absolute atomic E-state index is 3.03. The third-order valence-electron chi connectivity index (χ3n) is 4.00. The molecule has 0 radical (unpaired) electrons. The fourth-order valence-corrected chi connectivity index (χ4v) is 2.30. The van der Waals surface area contributed by atoms with Crippen LogP contribution in [0.2, 0.25) is 0 Å². The van der Waals surface area contributed by atoms with Gasteiger partial charge in [-0.2, -0.15) is 0 Å². The van der Waals surface area contributed by atoms with Crippen LogP contribution in [0.1, 0.15) is 60.3 Å². The minimum absolute atomic E-state index is 0.641. The number of allylic oxidation sites excluding steroid dienone is 7. The fourth-order valence-electron chi connectivity index (χ4n) is 2.30. The number of hydrogen-bond acceptors (Lipinski definition) is 1. The highest BCUT2D eigenvalue weighted by Crippen LogP contribution is 2.24. The summed E-state index contributed by atoms with van der Waals surface area (Å²) in [6.07, 6.45) is 20.2. The predicted octanol–water partition coefficient (Wildman–Crippen LogP) is 6.27. The molecule has 0 heterocycles. The van der Waals surface area contributed by atoms with Crippen molar-refractivity contribution in [3.63, 3.8) is 0 Å². The molecule has 0 aliphatic rings. The van der Waals surface area contributed by atoms with Gasteiger partial charge in [0.25, 0.3) is 0 Å². The van der Waals surface area contributed by atoms with Crippen LogP contribution in [0.25, 0.3) is 0 Å². The Morgan fingerprint density at radius 1 is 1.09 bits per heavy atom. The Bertz CT molecular complexity index is 371. The van der Waals surface area contributed by atoms with E-state index in [9.17, 15) is 0 Å². The van der Waals surface area contributed by atoms with Crippen LogP contribution in [0, 0.1) is 17.8 Å². The van der Waals surface area contributed by atoms with Crippen molar-refractivity contribution in [1.82, 2.24) is 5.32 Å². The van der Waals surface area contributed by atoms with Gasteiger partial charge in [-0.15, -0.1) is 0 Å². The maximum Gasteiger partial charge on any atom is 0.00276 e. The summed E-state index contributed by atoms with van der Waals surface area (Å²) >= 11 is 0. The quantitative estimate of drug-likeness (QED) is 0.350. The molecule has 2 unspecified atom stereocenters. The Kier molecular flexibility index (Phi) is 12.7. The minimum Gasteiger partial charge on any atom is -0.394 e. The molecule has 0 amide bonds. The standard InChI is InChI=1S/C21H37N/c1-7-20(5)21(15-9-8-12-16-22-6)17-19(4)14-11-10-13-18(2)3/h9-12,14-16,18,20-22H,7-8,13,17H2,1-6H3/b11-10?,15-9?,16-12?,19-14-. The van der Waals surface area contributed by atoms with Gasteiger partial charge in [-0.1, -0.05) is 76.1 Å². The van der Waals surface area contributed by atoms with E-state index in [4.69, 9.17) is 0 Å². The summed E-state index contributed by atoms with van der Waals surface area (Å²) in [7, 11) is 1.93. The number of hydrogen-bond donors (Lipinski definition) is 1. The van der Waals surface area contributed by atoms with E-state index in [2.05, 4.69) is 76.4 Å². The second-order valence-corrected chi connectivity index (χ2v) is 6.68. The van der Waals surface area contributed by atoms with Crippen LogP contribution in [0.15, 0.2) is 48.2 Å². The summed E-state index contributed by atoms with van der Waals surface area (Å²) in [4.78, 5) is 0. The molecule has 0 aliphatic heterocycles. The van der Waals surface area contributed by atoms with E-state index in [0.717, 1.165) is 31.1 Å². The Morgan fingerprint density at radius 2 is 1.82 bits per heavy atom. The molecule has 1 nitrogen and oxygen atoms in total. The summed E-state index contributed by atoms with van der Waals surface area (Å²) in [5.41, 5.74) is 1.47. The zero-order chi connectivity index (χ0) is 16.8. The first-order valence-corrected chi connectivity index (χ1v) is 8.82. The molecule has 0 aromatic carbocycles. The van der Waals surface area contributed by atoms with Crippen molar-refractivity contribution in [2.75, 3.05) is 7.05 Å². The molecule has 0 saturated carbocycles. The molecule has 0 spiro atoms. The fraction of sp³-hybridized carbons (Fsp3) is 0.619. The summed E-state index contributed by atoms with van der Waals surface area (Å²) in [5, 5.41) is 3.03. The summed E-state index contributed by atoms with van der Waals surface area (Å²) in [5.74, 6) is 2.11. The van der Waals surface area contributed by atoms with Gasteiger partial charge in [-0.05, 0) is 50.1 Å². The lowest BCUT2D eigenvalue weighted by molar-refractivity contribution is 0.413. The van der Waals surface area contributed by atoms with E-state index >= 15 is 0 Å². The molecule has 0 bridgehead atoms. The van der Waals surface area contributed by atoms with Crippen LogP contribution in [0.5, 0.6) is 0 Å². The van der Waals surface area contributed by atoms with E-state index in [0.29, 0.717) is 5.92 Å². The Balaban J connectivity index is 4.54. The highest BCUT2D eigenvalue weighted by atomic mass is 14.8. The normalized spacial score (nSPS) is 16.2. The Labute approximate surface area is 139 Å². The molecule has 126 valence electrons. The summed E-state index contributed by atoms with van der Waals surface area (Å²) < 4.78 is 0. The van der Waals surface area contributed by atoms with Crippen LogP contribution in [-0.4, -0.2) is 7.05 Å². The average molecular weight is 304 g/mol. The molecule has 0 aromatic rings. The topological polar surface area (TPSA) is 12.0 Å². The first-order chi connectivity index (χ1) is 10.5. The Hall–Kier alpha value is -1.24. The van der Waals surface area contributed by atoms with Gasteiger partial charge in [0.05, 0.1) is 0 Å². The summed E-state index contributed by atoms with van der Waals surface area (Å²) in [6.45, 7) is 11.4. The van der Waals surface area contributed by atoms with Crippen LogP contribution in [0.4, 0.5) is 0 Å². The van der Waals surface area contributed by atoms with Crippen molar-refractivity contribution in [3.8, 4) is 0 Å². The maximum atomic E-state index is 3.03. The van der Waals surface area contributed by atoms with Crippen molar-refractivity contribution in [3.05, 3.63) is 48.2 Å². The third-order valence-corrected chi connectivity index (χ3v) is 4.00. The minimum atomic E-state index is 0.641. The second kappa shape index (κ2) is 13.4. The first kappa shape index (κ1) is 20.8. The van der Waals surface area contributed by atoms with Gasteiger partial charge >= 0.3 is 0 Å². The Morgan fingerprint density at radius 3 is 2.41 bits per heavy atom. The molecule has 0 fully saturated rings.